The summed E-state index contributed by atoms with van der Waals surface area (Å²) >= 11 is 0. The smallest absolute Gasteiger partial charge is 0.269 e. The number of rotatable bonds is 7. The number of carbonyl (C=O) groups is 2. The topological polar surface area (TPSA) is 127 Å². The Morgan fingerprint density at radius 1 is 0.971 bits per heavy atom. The predicted octanol–water partition coefficient (Wildman–Crippen LogP) is 3.55. The quantitative estimate of drug-likeness (QED) is 0.338. The Balaban J connectivity index is 1.41. The van der Waals surface area contributed by atoms with E-state index in [-0.39, 0.29) is 22.6 Å². The van der Waals surface area contributed by atoms with Crippen LogP contribution in [0.25, 0.3) is 11.0 Å². The molecule has 0 fully saturated rings. The molecule has 1 aromatic heterocycles. The lowest BCUT2D eigenvalue weighted by atomic mass is 10.1. The van der Waals surface area contributed by atoms with Crippen LogP contribution in [0.15, 0.2) is 82.3 Å². The van der Waals surface area contributed by atoms with Crippen LogP contribution < -0.4 is 20.3 Å². The summed E-state index contributed by atoms with van der Waals surface area (Å²) in [6, 6.07) is 17.7. The van der Waals surface area contributed by atoms with Gasteiger partial charge in [0.2, 0.25) is 5.91 Å². The molecule has 0 saturated carbocycles. The van der Waals surface area contributed by atoms with E-state index in [1.54, 1.807) is 24.3 Å². The van der Waals surface area contributed by atoms with Gasteiger partial charge in [-0.3, -0.25) is 25.2 Å². The Kier molecular flexibility index (Phi) is 6.74. The number of fused-ring (bicyclic) bond motifs is 1. The van der Waals surface area contributed by atoms with E-state index in [4.69, 9.17) is 9.15 Å². The molecule has 2 amide bonds. The molecule has 3 aromatic carbocycles. The number of methoxy groups -OCH3 is 1. The molecular weight excluding hydrogens is 470 g/mol. The van der Waals surface area contributed by atoms with Crippen LogP contribution in [-0.2, 0) is 21.2 Å². The lowest BCUT2D eigenvalue weighted by Gasteiger charge is -2.12. The number of para-hydroxylation sites is 2. The number of anilines is 1. The van der Waals surface area contributed by atoms with E-state index in [9.17, 15) is 18.0 Å². The minimum atomic E-state index is -4.00. The van der Waals surface area contributed by atoms with Crippen molar-refractivity contribution in [1.82, 2.24) is 10.9 Å². The minimum absolute atomic E-state index is 0.00636. The molecule has 3 N–H and O–H groups in total. The van der Waals surface area contributed by atoms with E-state index >= 15 is 0 Å². The fraction of sp³-hybridized carbons (Fsp3) is 0.120. The number of ether oxygens (including phenoxy) is 1. The Labute approximate surface area is 202 Å². The Hall–Kier alpha value is -4.31. The highest BCUT2D eigenvalue weighted by Crippen LogP contribution is 2.26. The fourth-order valence-corrected chi connectivity index (χ4v) is 4.60. The summed E-state index contributed by atoms with van der Waals surface area (Å²) in [6.45, 7) is 1.94. The summed E-state index contributed by atoms with van der Waals surface area (Å²) in [5.74, 6) is -0.767. The molecule has 0 spiro atoms. The van der Waals surface area contributed by atoms with Gasteiger partial charge >= 0.3 is 0 Å². The molecule has 9 nitrogen and oxygen atoms in total. The van der Waals surface area contributed by atoms with Gasteiger partial charge in [0, 0.05) is 16.5 Å². The van der Waals surface area contributed by atoms with Gasteiger partial charge in [0.15, 0.2) is 0 Å². The number of furan rings is 1. The number of amides is 2. The van der Waals surface area contributed by atoms with Gasteiger partial charge < -0.3 is 9.15 Å². The molecule has 0 atom stereocenters. The van der Waals surface area contributed by atoms with Gasteiger partial charge in [0.05, 0.1) is 30.4 Å². The van der Waals surface area contributed by atoms with Crippen molar-refractivity contribution in [3.8, 4) is 5.75 Å². The van der Waals surface area contributed by atoms with Crippen LogP contribution in [0.5, 0.6) is 5.75 Å². The van der Waals surface area contributed by atoms with E-state index in [0.717, 1.165) is 10.9 Å². The Morgan fingerprint density at radius 2 is 1.77 bits per heavy atom. The van der Waals surface area contributed by atoms with Crippen molar-refractivity contribution < 1.29 is 27.2 Å². The summed E-state index contributed by atoms with van der Waals surface area (Å²) in [5, 5.41) is 0.817. The average Bonchev–Trinajstić information content (AvgIpc) is 3.24. The van der Waals surface area contributed by atoms with Gasteiger partial charge in [-0.15, -0.1) is 0 Å². The third-order valence-electron chi connectivity index (χ3n) is 5.24. The van der Waals surface area contributed by atoms with Crippen molar-refractivity contribution in [2.45, 2.75) is 18.2 Å². The molecule has 0 unspecified atom stereocenters. The first-order valence-corrected chi connectivity index (χ1v) is 12.1. The molecule has 4 aromatic rings. The summed E-state index contributed by atoms with van der Waals surface area (Å²) in [7, 11) is -2.57. The van der Waals surface area contributed by atoms with Crippen LogP contribution in [0, 0.1) is 6.92 Å². The number of sulfonamides is 1. The molecule has 0 radical (unpaired) electrons. The highest BCUT2D eigenvalue weighted by molar-refractivity contribution is 7.92. The van der Waals surface area contributed by atoms with Gasteiger partial charge in [-0.2, -0.15) is 0 Å². The van der Waals surface area contributed by atoms with Gasteiger partial charge in [-0.1, -0.05) is 30.3 Å². The maximum Gasteiger partial charge on any atom is 0.269 e. The van der Waals surface area contributed by atoms with Crippen LogP contribution >= 0.6 is 0 Å². The van der Waals surface area contributed by atoms with Crippen LogP contribution in [0.1, 0.15) is 21.5 Å². The van der Waals surface area contributed by atoms with Crippen LogP contribution in [0.4, 0.5) is 5.69 Å². The third kappa shape index (κ3) is 5.44. The third-order valence-corrected chi connectivity index (χ3v) is 6.60. The number of hydrazine groups is 1. The van der Waals surface area contributed by atoms with Crippen molar-refractivity contribution in [2.75, 3.05) is 11.8 Å². The van der Waals surface area contributed by atoms with Gasteiger partial charge in [-0.05, 0) is 48.9 Å². The van der Waals surface area contributed by atoms with E-state index in [1.807, 2.05) is 25.1 Å². The summed E-state index contributed by atoms with van der Waals surface area (Å²) in [4.78, 5) is 24.8. The molecule has 0 aliphatic heterocycles. The normalized spacial score (nSPS) is 11.1. The molecule has 0 aliphatic carbocycles. The van der Waals surface area contributed by atoms with Crippen molar-refractivity contribution in [3.05, 3.63) is 89.7 Å². The number of carbonyl (C=O) groups excluding carboxylic acids is 2. The summed E-state index contributed by atoms with van der Waals surface area (Å²) in [6.07, 6.45) is 1.50. The van der Waals surface area contributed by atoms with Crippen molar-refractivity contribution in [1.29, 1.82) is 0 Å². The van der Waals surface area contributed by atoms with E-state index in [2.05, 4.69) is 15.6 Å². The minimum Gasteiger partial charge on any atom is -0.495 e. The zero-order chi connectivity index (χ0) is 25.0. The Bertz CT molecular complexity index is 1510. The molecule has 4 rings (SSSR count). The lowest BCUT2D eigenvalue weighted by Crippen LogP contribution is -2.42. The maximum absolute atomic E-state index is 12.8. The standard InChI is InChI=1S/C25H23N3O6S/c1-16-10-11-20-18(15-34-23(20)12-16)14-24(29)26-27-25(30)17-6-5-7-19(13-17)35(31,32)28-21-8-3-4-9-22(21)33-2/h3-13,15,28H,14H2,1-2H3,(H,26,29)(H,27,30). The number of hydrogen-bond donors (Lipinski definition) is 3. The monoisotopic (exact) mass is 493 g/mol. The summed E-state index contributed by atoms with van der Waals surface area (Å²) in [5.41, 5.74) is 7.37. The maximum atomic E-state index is 12.8. The van der Waals surface area contributed by atoms with Gasteiger partial charge in [-0.25, -0.2) is 8.42 Å². The summed E-state index contributed by atoms with van der Waals surface area (Å²) < 4.78 is 38.8. The molecule has 1 heterocycles. The molecule has 0 aliphatic rings. The highest BCUT2D eigenvalue weighted by Gasteiger charge is 2.19. The molecule has 180 valence electrons. The predicted molar refractivity (Wildman–Crippen MR) is 131 cm³/mol. The second-order valence-electron chi connectivity index (χ2n) is 7.77. The Morgan fingerprint density at radius 3 is 2.57 bits per heavy atom. The van der Waals surface area contributed by atoms with Crippen LogP contribution in [0.2, 0.25) is 0 Å². The SMILES string of the molecule is COc1ccccc1NS(=O)(=O)c1cccc(C(=O)NNC(=O)Cc2coc3cc(C)ccc23)c1. The molecular formula is C25H23N3O6S. The molecule has 10 heteroatoms. The van der Waals surface area contributed by atoms with Crippen LogP contribution in [-0.4, -0.2) is 27.3 Å². The van der Waals surface area contributed by atoms with E-state index in [0.29, 0.717) is 16.9 Å². The number of hydrogen-bond acceptors (Lipinski definition) is 6. The largest absolute Gasteiger partial charge is 0.495 e. The zero-order valence-electron chi connectivity index (χ0n) is 19.0. The first-order valence-electron chi connectivity index (χ1n) is 10.6. The number of nitrogens with one attached hydrogen (secondary N) is 3. The second-order valence-corrected chi connectivity index (χ2v) is 9.46. The number of aryl methyl sites for hydroxylation is 1. The van der Waals surface area contributed by atoms with E-state index in [1.165, 1.54) is 37.6 Å². The molecule has 0 bridgehead atoms. The second kappa shape index (κ2) is 9.90. The first-order chi connectivity index (χ1) is 16.8. The fourth-order valence-electron chi connectivity index (χ4n) is 3.48. The molecule has 0 saturated heterocycles. The van der Waals surface area contributed by atoms with E-state index < -0.39 is 21.8 Å². The molecule has 35 heavy (non-hydrogen) atoms. The first kappa shape index (κ1) is 23.8. The van der Waals surface area contributed by atoms with Crippen molar-refractivity contribution in [3.63, 3.8) is 0 Å². The van der Waals surface area contributed by atoms with Crippen molar-refractivity contribution >= 4 is 38.5 Å². The van der Waals surface area contributed by atoms with Gasteiger partial charge in [0.1, 0.15) is 11.3 Å². The number of benzene rings is 3. The zero-order valence-corrected chi connectivity index (χ0v) is 19.8. The highest BCUT2D eigenvalue weighted by atomic mass is 32.2. The van der Waals surface area contributed by atoms with Crippen LogP contribution in [0.3, 0.4) is 0 Å². The lowest BCUT2D eigenvalue weighted by molar-refractivity contribution is -0.121. The van der Waals surface area contributed by atoms with Gasteiger partial charge in [0.25, 0.3) is 15.9 Å². The van der Waals surface area contributed by atoms with Crippen molar-refractivity contribution in [2.24, 2.45) is 0 Å². The average molecular weight is 494 g/mol.